The van der Waals surface area contributed by atoms with Crippen LogP contribution in [0.5, 0.6) is 0 Å². The van der Waals surface area contributed by atoms with Crippen molar-refractivity contribution in [1.29, 1.82) is 0 Å². The topological polar surface area (TPSA) is 70.5 Å². The molecule has 0 bridgehead atoms. The lowest BCUT2D eigenvalue weighted by atomic mass is 9.95. The average Bonchev–Trinajstić information content (AvgIpc) is 3.01. The van der Waals surface area contributed by atoms with Crippen LogP contribution in [0.25, 0.3) is 5.76 Å². The van der Waals surface area contributed by atoms with Crippen molar-refractivity contribution in [2.45, 2.75) is 19.9 Å². The van der Waals surface area contributed by atoms with Gasteiger partial charge in [-0.3, -0.25) is 19.5 Å². The van der Waals surface area contributed by atoms with Gasteiger partial charge in [-0.2, -0.15) is 0 Å². The first kappa shape index (κ1) is 19.9. The molecule has 30 heavy (non-hydrogen) atoms. The Balaban J connectivity index is 1.98. The SMILES string of the molecule is Cc1ccc(C)c(/C(O)=C2\C(=O)C(=O)N(c3cccc(Cl)c3)C2c2ccccn2)c1. The first-order chi connectivity index (χ1) is 14.4. The first-order valence-corrected chi connectivity index (χ1v) is 9.81. The molecule has 1 saturated heterocycles. The number of nitrogens with zero attached hydrogens (tertiary/aromatic N) is 2. The number of pyridine rings is 1. The molecular formula is C24H19ClN2O3. The maximum absolute atomic E-state index is 13.1. The van der Waals surface area contributed by atoms with E-state index in [-0.39, 0.29) is 11.3 Å². The van der Waals surface area contributed by atoms with E-state index < -0.39 is 17.7 Å². The van der Waals surface area contributed by atoms with E-state index in [1.54, 1.807) is 54.7 Å². The summed E-state index contributed by atoms with van der Waals surface area (Å²) < 4.78 is 0. The maximum Gasteiger partial charge on any atom is 0.300 e. The minimum atomic E-state index is -0.871. The molecule has 1 amide bonds. The predicted molar refractivity (Wildman–Crippen MR) is 116 cm³/mol. The van der Waals surface area contributed by atoms with Gasteiger partial charge in [0.2, 0.25) is 0 Å². The summed E-state index contributed by atoms with van der Waals surface area (Å²) in [5.74, 6) is -1.71. The summed E-state index contributed by atoms with van der Waals surface area (Å²) in [5.41, 5.74) is 3.18. The lowest BCUT2D eigenvalue weighted by Gasteiger charge is -2.24. The van der Waals surface area contributed by atoms with E-state index in [0.717, 1.165) is 11.1 Å². The molecule has 0 saturated carbocycles. The number of rotatable bonds is 3. The lowest BCUT2D eigenvalue weighted by molar-refractivity contribution is -0.132. The Kier molecular flexibility index (Phi) is 5.14. The Hall–Kier alpha value is -3.44. The van der Waals surface area contributed by atoms with E-state index in [0.29, 0.717) is 22.0 Å². The zero-order valence-corrected chi connectivity index (χ0v) is 17.2. The van der Waals surface area contributed by atoms with E-state index in [9.17, 15) is 14.7 Å². The van der Waals surface area contributed by atoms with Crippen molar-refractivity contribution >= 4 is 34.7 Å². The van der Waals surface area contributed by atoms with E-state index in [2.05, 4.69) is 4.98 Å². The van der Waals surface area contributed by atoms with Crippen LogP contribution in [0.15, 0.2) is 72.4 Å². The minimum Gasteiger partial charge on any atom is -0.507 e. The number of amides is 1. The van der Waals surface area contributed by atoms with Gasteiger partial charge in [-0.1, -0.05) is 41.4 Å². The molecule has 1 unspecified atom stereocenters. The number of aliphatic hydroxyl groups is 1. The molecule has 0 aliphatic carbocycles. The van der Waals surface area contributed by atoms with Crippen LogP contribution in [0.2, 0.25) is 5.02 Å². The monoisotopic (exact) mass is 418 g/mol. The molecule has 1 N–H and O–H groups in total. The molecule has 3 aromatic rings. The number of anilines is 1. The summed E-state index contributed by atoms with van der Waals surface area (Å²) in [6.45, 7) is 3.74. The number of Topliss-reactive ketones (excluding diaryl/α,β-unsaturated/α-hetero) is 1. The van der Waals surface area contributed by atoms with Gasteiger partial charge in [0.15, 0.2) is 0 Å². The predicted octanol–water partition coefficient (Wildman–Crippen LogP) is 4.98. The number of aryl methyl sites for hydroxylation is 2. The molecule has 1 aliphatic heterocycles. The molecule has 2 aromatic carbocycles. The zero-order valence-electron chi connectivity index (χ0n) is 16.5. The number of benzene rings is 2. The molecule has 150 valence electrons. The first-order valence-electron chi connectivity index (χ1n) is 9.43. The van der Waals surface area contributed by atoms with Crippen molar-refractivity contribution < 1.29 is 14.7 Å². The summed E-state index contributed by atoms with van der Waals surface area (Å²) in [6.07, 6.45) is 1.59. The molecule has 5 nitrogen and oxygen atoms in total. The second kappa shape index (κ2) is 7.76. The summed E-state index contributed by atoms with van der Waals surface area (Å²) in [6, 6.07) is 16.7. The van der Waals surface area contributed by atoms with Crippen molar-refractivity contribution in [2.75, 3.05) is 4.90 Å². The molecule has 0 spiro atoms. The third-order valence-corrected chi connectivity index (χ3v) is 5.38. The fourth-order valence-electron chi connectivity index (χ4n) is 3.68. The van der Waals surface area contributed by atoms with Gasteiger partial charge in [0.25, 0.3) is 11.7 Å². The van der Waals surface area contributed by atoms with Crippen molar-refractivity contribution in [3.63, 3.8) is 0 Å². The van der Waals surface area contributed by atoms with E-state index in [4.69, 9.17) is 11.6 Å². The number of hydrogen-bond acceptors (Lipinski definition) is 4. The Morgan fingerprint density at radius 2 is 1.83 bits per heavy atom. The van der Waals surface area contributed by atoms with Crippen LogP contribution in [0, 0.1) is 13.8 Å². The van der Waals surface area contributed by atoms with Crippen LogP contribution in [0.3, 0.4) is 0 Å². The van der Waals surface area contributed by atoms with Gasteiger partial charge < -0.3 is 5.11 Å². The Labute approximate surface area is 179 Å². The van der Waals surface area contributed by atoms with Gasteiger partial charge in [0, 0.05) is 22.5 Å². The van der Waals surface area contributed by atoms with Crippen molar-refractivity contribution in [3.8, 4) is 0 Å². The van der Waals surface area contributed by atoms with Crippen LogP contribution in [0.1, 0.15) is 28.4 Å². The molecule has 1 aliphatic rings. The Morgan fingerprint density at radius 1 is 1.03 bits per heavy atom. The second-order valence-corrected chi connectivity index (χ2v) is 7.66. The van der Waals surface area contributed by atoms with E-state index in [1.807, 2.05) is 26.0 Å². The van der Waals surface area contributed by atoms with Crippen molar-refractivity contribution in [2.24, 2.45) is 0 Å². The number of ketones is 1. The van der Waals surface area contributed by atoms with Gasteiger partial charge in [-0.15, -0.1) is 0 Å². The van der Waals surface area contributed by atoms with Gasteiger partial charge >= 0.3 is 0 Å². The van der Waals surface area contributed by atoms with Crippen molar-refractivity contribution in [3.05, 3.63) is 99.8 Å². The zero-order chi connectivity index (χ0) is 21.4. The fraction of sp³-hybridized carbons (Fsp3) is 0.125. The van der Waals surface area contributed by atoms with E-state index >= 15 is 0 Å². The third-order valence-electron chi connectivity index (χ3n) is 5.15. The summed E-state index contributed by atoms with van der Waals surface area (Å²) in [5, 5.41) is 11.6. The molecule has 6 heteroatoms. The Bertz CT molecular complexity index is 1190. The summed E-state index contributed by atoms with van der Waals surface area (Å²) in [7, 11) is 0. The highest BCUT2D eigenvalue weighted by Gasteiger charge is 2.47. The van der Waals surface area contributed by atoms with Crippen LogP contribution in [-0.2, 0) is 9.59 Å². The molecular weight excluding hydrogens is 400 g/mol. The average molecular weight is 419 g/mol. The number of aliphatic hydroxyl groups excluding tert-OH is 1. The van der Waals surface area contributed by atoms with Crippen LogP contribution in [0.4, 0.5) is 5.69 Å². The number of aromatic nitrogens is 1. The number of carbonyl (C=O) groups excluding carboxylic acids is 2. The number of carbonyl (C=O) groups is 2. The largest absolute Gasteiger partial charge is 0.507 e. The standard InChI is InChI=1S/C24H19ClN2O3/c1-14-9-10-15(2)18(12-14)22(28)20-21(19-8-3-4-11-26-19)27(24(30)23(20)29)17-7-5-6-16(25)13-17/h3-13,21,28H,1-2H3/b22-20+. The van der Waals surface area contributed by atoms with Gasteiger partial charge in [-0.05, 0) is 55.8 Å². The van der Waals surface area contributed by atoms with E-state index in [1.165, 1.54) is 4.90 Å². The highest BCUT2D eigenvalue weighted by molar-refractivity contribution is 6.51. The van der Waals surface area contributed by atoms with Crippen LogP contribution in [-0.4, -0.2) is 21.8 Å². The summed E-state index contributed by atoms with van der Waals surface area (Å²) >= 11 is 6.13. The number of hydrogen-bond donors (Lipinski definition) is 1. The molecule has 0 radical (unpaired) electrons. The quantitative estimate of drug-likeness (QED) is 0.370. The summed E-state index contributed by atoms with van der Waals surface area (Å²) in [4.78, 5) is 31.9. The molecule has 1 fully saturated rings. The third kappa shape index (κ3) is 3.37. The molecule has 4 rings (SSSR count). The molecule has 1 aromatic heterocycles. The molecule has 1 atom stereocenters. The fourth-order valence-corrected chi connectivity index (χ4v) is 3.86. The van der Waals surface area contributed by atoms with Gasteiger partial charge in [-0.25, -0.2) is 0 Å². The normalized spacial score (nSPS) is 18.1. The highest BCUT2D eigenvalue weighted by Crippen LogP contribution is 2.42. The lowest BCUT2D eigenvalue weighted by Crippen LogP contribution is -2.29. The van der Waals surface area contributed by atoms with Gasteiger partial charge in [0.05, 0.1) is 11.3 Å². The highest BCUT2D eigenvalue weighted by atomic mass is 35.5. The molecule has 2 heterocycles. The minimum absolute atomic E-state index is 0.00683. The smallest absolute Gasteiger partial charge is 0.300 e. The van der Waals surface area contributed by atoms with Crippen LogP contribution < -0.4 is 4.90 Å². The number of halogens is 1. The Morgan fingerprint density at radius 3 is 2.53 bits per heavy atom. The maximum atomic E-state index is 13.1. The van der Waals surface area contributed by atoms with Crippen LogP contribution >= 0.6 is 11.6 Å². The second-order valence-electron chi connectivity index (χ2n) is 7.22. The van der Waals surface area contributed by atoms with Crippen molar-refractivity contribution in [1.82, 2.24) is 4.98 Å². The van der Waals surface area contributed by atoms with Gasteiger partial charge in [0.1, 0.15) is 11.8 Å².